The summed E-state index contributed by atoms with van der Waals surface area (Å²) in [5.41, 5.74) is 1.94. The number of carbonyl (C=O) groups is 1. The number of nitrogens with one attached hydrogen (secondary N) is 2. The minimum absolute atomic E-state index is 0.0324. The topological polar surface area (TPSA) is 44.4 Å². The van der Waals surface area contributed by atoms with Gasteiger partial charge in [0.1, 0.15) is 0 Å². The van der Waals surface area contributed by atoms with Crippen molar-refractivity contribution in [2.45, 2.75) is 39.2 Å². The molecule has 1 aliphatic rings. The van der Waals surface area contributed by atoms with Gasteiger partial charge in [0.15, 0.2) is 0 Å². The van der Waals surface area contributed by atoms with Gasteiger partial charge in [0, 0.05) is 37.4 Å². The number of rotatable bonds is 5. The maximum atomic E-state index is 11.1. The highest BCUT2D eigenvalue weighted by atomic mass is 16.1. The zero-order valence-electron chi connectivity index (χ0n) is 12.5. The van der Waals surface area contributed by atoms with Crippen molar-refractivity contribution in [1.82, 2.24) is 4.90 Å². The van der Waals surface area contributed by atoms with Gasteiger partial charge >= 0.3 is 0 Å². The Morgan fingerprint density at radius 3 is 2.65 bits per heavy atom. The Morgan fingerprint density at radius 1 is 1.30 bits per heavy atom. The summed E-state index contributed by atoms with van der Waals surface area (Å²) in [6, 6.07) is 8.48. The Bertz CT molecular complexity index is 439. The summed E-state index contributed by atoms with van der Waals surface area (Å²) >= 11 is 0. The molecule has 1 aromatic carbocycles. The summed E-state index contributed by atoms with van der Waals surface area (Å²) in [5, 5.41) is 6.40. The highest BCUT2D eigenvalue weighted by Crippen LogP contribution is 2.20. The molecule has 2 rings (SSSR count). The molecule has 1 heterocycles. The average Bonchev–Trinajstić information content (AvgIpc) is 2.41. The van der Waals surface area contributed by atoms with Crippen LogP contribution in [0.15, 0.2) is 24.3 Å². The quantitative estimate of drug-likeness (QED) is 0.868. The average molecular weight is 275 g/mol. The lowest BCUT2D eigenvalue weighted by atomic mass is 10.0. The van der Waals surface area contributed by atoms with Gasteiger partial charge in [-0.3, -0.25) is 4.79 Å². The number of nitrogens with zero attached hydrogens (tertiary/aromatic N) is 1. The van der Waals surface area contributed by atoms with Gasteiger partial charge in [-0.15, -0.1) is 0 Å². The first kappa shape index (κ1) is 14.9. The molecule has 0 spiro atoms. The number of carbonyl (C=O) groups excluding carboxylic acids is 1. The van der Waals surface area contributed by atoms with Crippen LogP contribution in [0.3, 0.4) is 0 Å². The summed E-state index contributed by atoms with van der Waals surface area (Å²) in [7, 11) is 0. The van der Waals surface area contributed by atoms with Gasteiger partial charge in [0.05, 0.1) is 0 Å². The van der Waals surface area contributed by atoms with Gasteiger partial charge in [-0.2, -0.15) is 0 Å². The van der Waals surface area contributed by atoms with Crippen LogP contribution in [0.25, 0.3) is 0 Å². The highest BCUT2D eigenvalue weighted by molar-refractivity contribution is 5.89. The second-order valence-corrected chi connectivity index (χ2v) is 5.52. The Kier molecular flexibility index (Phi) is 5.41. The fourth-order valence-electron chi connectivity index (χ4n) is 2.74. The van der Waals surface area contributed by atoms with Crippen LogP contribution < -0.4 is 10.6 Å². The Hall–Kier alpha value is -1.55. The van der Waals surface area contributed by atoms with E-state index in [0.717, 1.165) is 11.4 Å². The van der Waals surface area contributed by atoms with Crippen molar-refractivity contribution >= 4 is 17.3 Å². The SMILES string of the molecule is CCCN1CCC(Nc2cccc(NC(C)=O)c2)CC1. The van der Waals surface area contributed by atoms with E-state index >= 15 is 0 Å². The van der Waals surface area contributed by atoms with Gasteiger partial charge in [0.25, 0.3) is 0 Å². The summed E-state index contributed by atoms with van der Waals surface area (Å²) < 4.78 is 0. The third kappa shape index (κ3) is 4.53. The van der Waals surface area contributed by atoms with Gasteiger partial charge < -0.3 is 15.5 Å². The molecule has 20 heavy (non-hydrogen) atoms. The van der Waals surface area contributed by atoms with E-state index < -0.39 is 0 Å². The monoisotopic (exact) mass is 275 g/mol. The molecule has 1 fully saturated rings. The van der Waals surface area contributed by atoms with Crippen molar-refractivity contribution in [2.24, 2.45) is 0 Å². The lowest BCUT2D eigenvalue weighted by Gasteiger charge is -2.32. The predicted molar refractivity (Wildman–Crippen MR) is 84.1 cm³/mol. The number of hydrogen-bond acceptors (Lipinski definition) is 3. The number of amides is 1. The molecule has 1 saturated heterocycles. The molecule has 0 aliphatic carbocycles. The zero-order valence-corrected chi connectivity index (χ0v) is 12.5. The third-order valence-electron chi connectivity index (χ3n) is 3.68. The number of likely N-dealkylation sites (tertiary alicyclic amines) is 1. The van der Waals surface area contributed by atoms with E-state index in [2.05, 4.69) is 28.5 Å². The molecule has 1 aliphatic heterocycles. The van der Waals surface area contributed by atoms with Crippen LogP contribution in [0.5, 0.6) is 0 Å². The van der Waals surface area contributed by atoms with Crippen LogP contribution in [-0.4, -0.2) is 36.5 Å². The van der Waals surface area contributed by atoms with Crippen LogP contribution in [0, 0.1) is 0 Å². The maximum absolute atomic E-state index is 11.1. The standard InChI is InChI=1S/C16H25N3O/c1-3-9-19-10-7-14(8-11-19)18-16-6-4-5-15(12-16)17-13(2)20/h4-6,12,14,18H,3,7-11H2,1-2H3,(H,17,20). The summed E-state index contributed by atoms with van der Waals surface area (Å²) in [6.45, 7) is 7.33. The van der Waals surface area contributed by atoms with Crippen LogP contribution in [-0.2, 0) is 4.79 Å². The molecule has 1 aromatic rings. The van der Waals surface area contributed by atoms with Crippen molar-refractivity contribution in [1.29, 1.82) is 0 Å². The molecule has 2 N–H and O–H groups in total. The van der Waals surface area contributed by atoms with Crippen LogP contribution in [0.4, 0.5) is 11.4 Å². The number of piperidine rings is 1. The molecule has 1 amide bonds. The van der Waals surface area contributed by atoms with Gasteiger partial charge in [-0.1, -0.05) is 13.0 Å². The second kappa shape index (κ2) is 7.29. The summed E-state index contributed by atoms with van der Waals surface area (Å²) in [5.74, 6) is -0.0324. The lowest BCUT2D eigenvalue weighted by molar-refractivity contribution is -0.114. The van der Waals surface area contributed by atoms with E-state index in [1.807, 2.05) is 18.2 Å². The molecule has 0 unspecified atom stereocenters. The van der Waals surface area contributed by atoms with E-state index in [0.29, 0.717) is 6.04 Å². The van der Waals surface area contributed by atoms with Crippen molar-refractivity contribution in [3.8, 4) is 0 Å². The molecular formula is C16H25N3O. The van der Waals surface area contributed by atoms with Crippen LogP contribution in [0.2, 0.25) is 0 Å². The third-order valence-corrected chi connectivity index (χ3v) is 3.68. The predicted octanol–water partition coefficient (Wildman–Crippen LogP) is 2.93. The van der Waals surface area contributed by atoms with Gasteiger partial charge in [0.2, 0.25) is 5.91 Å². The van der Waals surface area contributed by atoms with Crippen molar-refractivity contribution in [3.63, 3.8) is 0 Å². The smallest absolute Gasteiger partial charge is 0.221 e. The summed E-state index contributed by atoms with van der Waals surface area (Å²) in [4.78, 5) is 13.6. The van der Waals surface area contributed by atoms with Crippen LogP contribution >= 0.6 is 0 Å². The molecule has 0 atom stereocenters. The van der Waals surface area contributed by atoms with E-state index in [1.165, 1.54) is 45.8 Å². The molecule has 4 heteroatoms. The molecular weight excluding hydrogens is 250 g/mol. The zero-order chi connectivity index (χ0) is 14.4. The fraction of sp³-hybridized carbons (Fsp3) is 0.562. The molecule has 0 aromatic heterocycles. The van der Waals surface area contributed by atoms with E-state index in [9.17, 15) is 4.79 Å². The Morgan fingerprint density at radius 2 is 2.00 bits per heavy atom. The van der Waals surface area contributed by atoms with Gasteiger partial charge in [-0.05, 0) is 44.0 Å². The Labute approximate surface area is 121 Å². The van der Waals surface area contributed by atoms with E-state index in [4.69, 9.17) is 0 Å². The Balaban J connectivity index is 1.86. The summed E-state index contributed by atoms with van der Waals surface area (Å²) in [6.07, 6.45) is 3.60. The lowest BCUT2D eigenvalue weighted by Crippen LogP contribution is -2.39. The maximum Gasteiger partial charge on any atom is 0.221 e. The number of benzene rings is 1. The minimum atomic E-state index is -0.0324. The van der Waals surface area contributed by atoms with Crippen LogP contribution in [0.1, 0.15) is 33.1 Å². The van der Waals surface area contributed by atoms with E-state index in [-0.39, 0.29) is 5.91 Å². The molecule has 0 saturated carbocycles. The first-order valence-corrected chi connectivity index (χ1v) is 7.54. The number of hydrogen-bond donors (Lipinski definition) is 2. The first-order valence-electron chi connectivity index (χ1n) is 7.54. The first-order chi connectivity index (χ1) is 9.67. The molecule has 4 nitrogen and oxygen atoms in total. The molecule has 0 radical (unpaired) electrons. The van der Waals surface area contributed by atoms with Gasteiger partial charge in [-0.25, -0.2) is 0 Å². The highest BCUT2D eigenvalue weighted by Gasteiger charge is 2.18. The number of anilines is 2. The largest absolute Gasteiger partial charge is 0.382 e. The molecule has 0 bridgehead atoms. The molecule has 110 valence electrons. The fourth-order valence-corrected chi connectivity index (χ4v) is 2.74. The van der Waals surface area contributed by atoms with Crippen molar-refractivity contribution in [2.75, 3.05) is 30.3 Å². The van der Waals surface area contributed by atoms with E-state index in [1.54, 1.807) is 0 Å². The second-order valence-electron chi connectivity index (χ2n) is 5.52. The normalized spacial score (nSPS) is 16.9. The minimum Gasteiger partial charge on any atom is -0.382 e. The van der Waals surface area contributed by atoms with Crippen molar-refractivity contribution in [3.05, 3.63) is 24.3 Å². The van der Waals surface area contributed by atoms with Crippen molar-refractivity contribution < 1.29 is 4.79 Å².